The molecule has 0 fully saturated rings. The molecule has 0 saturated carbocycles. The van der Waals surface area contributed by atoms with Crippen molar-refractivity contribution in [3.63, 3.8) is 0 Å². The zero-order chi connectivity index (χ0) is 8.91. The molecular formula is C8H20BrNSi. The van der Waals surface area contributed by atoms with Gasteiger partial charge in [-0.1, -0.05) is 42.5 Å². The van der Waals surface area contributed by atoms with Crippen LogP contribution in [0.2, 0.25) is 19.6 Å². The van der Waals surface area contributed by atoms with E-state index >= 15 is 0 Å². The average molecular weight is 238 g/mol. The van der Waals surface area contributed by atoms with Crippen molar-refractivity contribution in [2.24, 2.45) is 0 Å². The van der Waals surface area contributed by atoms with Crippen LogP contribution in [0.3, 0.4) is 0 Å². The monoisotopic (exact) mass is 237 g/mol. The Hall–Kier alpha value is 0.657. The maximum atomic E-state index is 3.46. The van der Waals surface area contributed by atoms with Crippen molar-refractivity contribution in [1.29, 1.82) is 0 Å². The lowest BCUT2D eigenvalue weighted by Gasteiger charge is -2.32. The van der Waals surface area contributed by atoms with Crippen LogP contribution in [0, 0.1) is 0 Å². The van der Waals surface area contributed by atoms with E-state index in [1.165, 1.54) is 19.5 Å². The van der Waals surface area contributed by atoms with Crippen LogP contribution in [-0.4, -0.2) is 31.2 Å². The highest BCUT2D eigenvalue weighted by molar-refractivity contribution is 9.09. The third kappa shape index (κ3) is 4.99. The molecule has 0 aliphatic carbocycles. The summed E-state index contributed by atoms with van der Waals surface area (Å²) in [5.41, 5.74) is 0. The molecule has 11 heavy (non-hydrogen) atoms. The smallest absolute Gasteiger partial charge is 0.119 e. The van der Waals surface area contributed by atoms with E-state index in [1.807, 2.05) is 0 Å². The zero-order valence-corrected chi connectivity index (χ0v) is 10.7. The number of halogens is 1. The quantitative estimate of drug-likeness (QED) is 0.526. The normalized spacial score (nSPS) is 12.5. The minimum atomic E-state index is -1.01. The Bertz CT molecular complexity index is 101. The molecule has 0 aliphatic heterocycles. The predicted molar refractivity (Wildman–Crippen MR) is 59.0 cm³/mol. The molecule has 0 amide bonds. The van der Waals surface area contributed by atoms with Gasteiger partial charge in [-0.15, -0.1) is 0 Å². The van der Waals surface area contributed by atoms with Gasteiger partial charge in [-0.2, -0.15) is 0 Å². The maximum absolute atomic E-state index is 3.46. The lowest BCUT2D eigenvalue weighted by molar-refractivity contribution is 0.446. The van der Waals surface area contributed by atoms with Crippen LogP contribution < -0.4 is 0 Å². The van der Waals surface area contributed by atoms with E-state index < -0.39 is 8.24 Å². The Balaban J connectivity index is 3.76. The fourth-order valence-electron chi connectivity index (χ4n) is 1.22. The summed E-state index contributed by atoms with van der Waals surface area (Å²) in [6.07, 6.45) is 1.28. The van der Waals surface area contributed by atoms with Crippen molar-refractivity contribution in [2.75, 3.05) is 18.4 Å². The molecule has 0 heterocycles. The fourth-order valence-corrected chi connectivity index (χ4v) is 3.25. The van der Waals surface area contributed by atoms with Crippen molar-refractivity contribution in [3.8, 4) is 0 Å². The molecule has 1 nitrogen and oxygen atoms in total. The SMILES string of the molecule is CCN(CCCBr)[Si](C)(C)C. The van der Waals surface area contributed by atoms with Crippen molar-refractivity contribution < 1.29 is 0 Å². The van der Waals surface area contributed by atoms with Gasteiger partial charge in [-0.25, -0.2) is 0 Å². The second-order valence-corrected chi connectivity index (χ2v) is 9.56. The molecule has 0 N–H and O–H groups in total. The molecule has 0 rings (SSSR count). The first-order chi connectivity index (χ1) is 5.02. The molecule has 68 valence electrons. The Morgan fingerprint density at radius 3 is 2.09 bits per heavy atom. The van der Waals surface area contributed by atoms with E-state index in [2.05, 4.69) is 47.1 Å². The molecule has 0 aromatic heterocycles. The van der Waals surface area contributed by atoms with Gasteiger partial charge < -0.3 is 4.57 Å². The summed E-state index contributed by atoms with van der Waals surface area (Å²) in [7, 11) is -1.01. The van der Waals surface area contributed by atoms with E-state index in [0.717, 1.165) is 5.33 Å². The predicted octanol–water partition coefficient (Wildman–Crippen LogP) is 2.93. The lowest BCUT2D eigenvalue weighted by atomic mass is 10.5. The van der Waals surface area contributed by atoms with Crippen LogP contribution in [0.25, 0.3) is 0 Å². The highest BCUT2D eigenvalue weighted by Crippen LogP contribution is 2.09. The van der Waals surface area contributed by atoms with E-state index in [0.29, 0.717) is 0 Å². The maximum Gasteiger partial charge on any atom is 0.119 e. The van der Waals surface area contributed by atoms with E-state index in [1.54, 1.807) is 0 Å². The van der Waals surface area contributed by atoms with Gasteiger partial charge in [-0.05, 0) is 19.5 Å². The second-order valence-electron chi connectivity index (χ2n) is 3.79. The van der Waals surface area contributed by atoms with Crippen molar-refractivity contribution in [1.82, 2.24) is 4.57 Å². The molecule has 0 unspecified atom stereocenters. The van der Waals surface area contributed by atoms with Crippen molar-refractivity contribution in [3.05, 3.63) is 0 Å². The highest BCUT2D eigenvalue weighted by Gasteiger charge is 2.20. The van der Waals surface area contributed by atoms with Gasteiger partial charge in [0.2, 0.25) is 0 Å². The van der Waals surface area contributed by atoms with Gasteiger partial charge >= 0.3 is 0 Å². The summed E-state index contributed by atoms with van der Waals surface area (Å²) in [6.45, 7) is 12.0. The molecule has 0 bridgehead atoms. The molecule has 0 atom stereocenters. The van der Waals surface area contributed by atoms with Gasteiger partial charge in [0.15, 0.2) is 0 Å². The standard InChI is InChI=1S/C8H20BrNSi/c1-5-10(8-6-7-9)11(2,3)4/h5-8H2,1-4H3. The lowest BCUT2D eigenvalue weighted by Crippen LogP contribution is -2.46. The summed E-state index contributed by atoms with van der Waals surface area (Å²) < 4.78 is 2.63. The van der Waals surface area contributed by atoms with Crippen LogP contribution in [-0.2, 0) is 0 Å². The third-order valence-corrected chi connectivity index (χ3v) is 4.89. The Labute approximate surface area is 80.4 Å². The number of rotatable bonds is 5. The third-order valence-electron chi connectivity index (χ3n) is 1.89. The zero-order valence-electron chi connectivity index (χ0n) is 8.15. The Kier molecular flexibility index (Phi) is 5.65. The van der Waals surface area contributed by atoms with E-state index in [-0.39, 0.29) is 0 Å². The molecule has 3 heteroatoms. The summed E-state index contributed by atoms with van der Waals surface area (Å²) in [4.78, 5) is 0. The Morgan fingerprint density at radius 1 is 1.27 bits per heavy atom. The van der Waals surface area contributed by atoms with E-state index in [9.17, 15) is 0 Å². The fraction of sp³-hybridized carbons (Fsp3) is 1.00. The van der Waals surface area contributed by atoms with Crippen LogP contribution in [0.5, 0.6) is 0 Å². The minimum Gasteiger partial charge on any atom is -0.324 e. The number of alkyl halides is 1. The largest absolute Gasteiger partial charge is 0.324 e. The number of hydrogen-bond acceptors (Lipinski definition) is 1. The summed E-state index contributed by atoms with van der Waals surface area (Å²) in [5.74, 6) is 0. The van der Waals surface area contributed by atoms with Crippen LogP contribution in [0.1, 0.15) is 13.3 Å². The number of hydrogen-bond donors (Lipinski definition) is 0. The van der Waals surface area contributed by atoms with Gasteiger partial charge in [0, 0.05) is 5.33 Å². The van der Waals surface area contributed by atoms with Crippen molar-refractivity contribution in [2.45, 2.75) is 33.0 Å². The molecule has 0 saturated heterocycles. The molecule has 0 radical (unpaired) electrons. The van der Waals surface area contributed by atoms with Crippen molar-refractivity contribution >= 4 is 24.2 Å². The van der Waals surface area contributed by atoms with Gasteiger partial charge in [0.05, 0.1) is 0 Å². The van der Waals surface area contributed by atoms with E-state index in [4.69, 9.17) is 0 Å². The van der Waals surface area contributed by atoms with Crippen LogP contribution in [0.4, 0.5) is 0 Å². The van der Waals surface area contributed by atoms with Crippen LogP contribution >= 0.6 is 15.9 Å². The highest BCUT2D eigenvalue weighted by atomic mass is 79.9. The molecule has 0 aliphatic rings. The number of nitrogens with zero attached hydrogens (tertiary/aromatic N) is 1. The second kappa shape index (κ2) is 5.33. The first-order valence-electron chi connectivity index (χ1n) is 4.33. The summed E-state index contributed by atoms with van der Waals surface area (Å²) in [6, 6.07) is 0. The molecule has 0 spiro atoms. The summed E-state index contributed by atoms with van der Waals surface area (Å²) >= 11 is 3.46. The molecule has 0 aromatic carbocycles. The first kappa shape index (κ1) is 11.7. The Morgan fingerprint density at radius 2 is 1.82 bits per heavy atom. The van der Waals surface area contributed by atoms with Gasteiger partial charge in [0.1, 0.15) is 8.24 Å². The topological polar surface area (TPSA) is 3.24 Å². The summed E-state index contributed by atoms with van der Waals surface area (Å²) in [5, 5.41) is 1.13. The first-order valence-corrected chi connectivity index (χ1v) is 8.90. The molecule has 0 aromatic rings. The minimum absolute atomic E-state index is 1.01. The molecular weight excluding hydrogens is 218 g/mol. The van der Waals surface area contributed by atoms with Gasteiger partial charge in [0.25, 0.3) is 0 Å². The van der Waals surface area contributed by atoms with Gasteiger partial charge in [-0.3, -0.25) is 0 Å². The van der Waals surface area contributed by atoms with Crippen LogP contribution in [0.15, 0.2) is 0 Å². The average Bonchev–Trinajstić information content (AvgIpc) is 1.87.